The smallest absolute Gasteiger partial charge is 0.227 e. The van der Waals surface area contributed by atoms with Crippen LogP contribution in [0.2, 0.25) is 0 Å². The minimum atomic E-state index is -0.120. The Morgan fingerprint density at radius 1 is 1.40 bits per heavy atom. The molecule has 0 radical (unpaired) electrons. The average molecular weight is 298 g/mol. The molecular weight excluding hydrogens is 272 g/mol. The highest BCUT2D eigenvalue weighted by Crippen LogP contribution is 2.33. The van der Waals surface area contributed by atoms with E-state index in [4.69, 9.17) is 0 Å². The Morgan fingerprint density at radius 3 is 2.75 bits per heavy atom. The largest absolute Gasteiger partial charge is 0.342 e. The fourth-order valence-corrected chi connectivity index (χ4v) is 4.50. The van der Waals surface area contributed by atoms with E-state index in [2.05, 4.69) is 6.92 Å². The summed E-state index contributed by atoms with van der Waals surface area (Å²) in [5, 5.41) is 0.706. The van der Waals surface area contributed by atoms with Gasteiger partial charge >= 0.3 is 0 Å². The van der Waals surface area contributed by atoms with Crippen LogP contribution in [-0.2, 0) is 9.59 Å². The Morgan fingerprint density at radius 2 is 2.15 bits per heavy atom. The van der Waals surface area contributed by atoms with Crippen LogP contribution in [0.4, 0.5) is 0 Å². The van der Waals surface area contributed by atoms with Gasteiger partial charge in [0.25, 0.3) is 0 Å². The summed E-state index contributed by atoms with van der Waals surface area (Å²) in [6, 6.07) is 0.373. The number of carbonyl (C=O) groups is 2. The van der Waals surface area contributed by atoms with Gasteiger partial charge in [0, 0.05) is 37.8 Å². The third kappa shape index (κ3) is 3.30. The molecule has 4 nitrogen and oxygen atoms in total. The summed E-state index contributed by atoms with van der Waals surface area (Å²) >= 11 is 2.01. The molecule has 1 heterocycles. The number of hydrogen-bond acceptors (Lipinski definition) is 3. The number of amides is 2. The summed E-state index contributed by atoms with van der Waals surface area (Å²) in [4.78, 5) is 28.0. The Balaban J connectivity index is 1.88. The Hall–Kier alpha value is -0.710. The molecular formula is C15H26N2O2S. The Labute approximate surface area is 126 Å². The standard InChI is InChI=1S/C15H26N2O2S/c1-4-17-10-11(8-14(17)18)15(19)16(3)12-6-7-13(9-12)20-5-2/h11-13H,4-10H2,1-3H3/t11-,12-,13+/m0/s1. The van der Waals surface area contributed by atoms with Gasteiger partial charge in [-0.1, -0.05) is 6.92 Å². The average Bonchev–Trinajstić information content (AvgIpc) is 3.04. The molecule has 0 aromatic rings. The van der Waals surface area contributed by atoms with Crippen molar-refractivity contribution in [3.63, 3.8) is 0 Å². The molecule has 2 aliphatic rings. The molecule has 2 amide bonds. The van der Waals surface area contributed by atoms with Gasteiger partial charge < -0.3 is 9.80 Å². The van der Waals surface area contributed by atoms with Gasteiger partial charge in [0.2, 0.25) is 11.8 Å². The van der Waals surface area contributed by atoms with Crippen LogP contribution in [0.5, 0.6) is 0 Å². The number of likely N-dealkylation sites (tertiary alicyclic amines) is 1. The predicted molar refractivity (Wildman–Crippen MR) is 82.7 cm³/mol. The van der Waals surface area contributed by atoms with E-state index in [-0.39, 0.29) is 17.7 Å². The van der Waals surface area contributed by atoms with Crippen molar-refractivity contribution in [3.8, 4) is 0 Å². The highest BCUT2D eigenvalue weighted by molar-refractivity contribution is 7.99. The van der Waals surface area contributed by atoms with Crippen LogP contribution in [0.3, 0.4) is 0 Å². The van der Waals surface area contributed by atoms with E-state index in [9.17, 15) is 9.59 Å². The zero-order valence-electron chi connectivity index (χ0n) is 12.8. The number of thioether (sulfide) groups is 1. The predicted octanol–water partition coefficient (Wildman–Crippen LogP) is 1.99. The van der Waals surface area contributed by atoms with Crippen molar-refractivity contribution in [1.29, 1.82) is 0 Å². The SMILES string of the molecule is CCS[C@@H]1CC[C@H](N(C)C(=O)[C@H]2CC(=O)N(CC)C2)C1. The zero-order chi connectivity index (χ0) is 14.7. The van der Waals surface area contributed by atoms with Crippen LogP contribution in [0.25, 0.3) is 0 Å². The molecule has 0 spiro atoms. The minimum absolute atomic E-state index is 0.120. The van der Waals surface area contributed by atoms with E-state index >= 15 is 0 Å². The van der Waals surface area contributed by atoms with E-state index < -0.39 is 0 Å². The van der Waals surface area contributed by atoms with Gasteiger partial charge in [-0.15, -0.1) is 0 Å². The molecule has 3 atom stereocenters. The highest BCUT2D eigenvalue weighted by atomic mass is 32.2. The summed E-state index contributed by atoms with van der Waals surface area (Å²) in [6.45, 7) is 5.48. The third-order valence-corrected chi connectivity index (χ3v) is 5.83. The summed E-state index contributed by atoms with van der Waals surface area (Å²) in [7, 11) is 1.92. The van der Waals surface area contributed by atoms with Crippen LogP contribution < -0.4 is 0 Å². The van der Waals surface area contributed by atoms with Crippen molar-refractivity contribution >= 4 is 23.6 Å². The monoisotopic (exact) mass is 298 g/mol. The second kappa shape index (κ2) is 6.83. The normalized spacial score (nSPS) is 30.1. The van der Waals surface area contributed by atoms with Gasteiger partial charge in [-0.2, -0.15) is 11.8 Å². The second-order valence-corrected chi connectivity index (χ2v) is 7.40. The summed E-state index contributed by atoms with van der Waals surface area (Å²) < 4.78 is 0. The molecule has 1 aliphatic carbocycles. The molecule has 0 aromatic heterocycles. The lowest BCUT2D eigenvalue weighted by molar-refractivity contribution is -0.136. The van der Waals surface area contributed by atoms with Crippen LogP contribution in [0.1, 0.15) is 39.5 Å². The van der Waals surface area contributed by atoms with Gasteiger partial charge in [0.15, 0.2) is 0 Å². The lowest BCUT2D eigenvalue weighted by Crippen LogP contribution is -2.40. The van der Waals surface area contributed by atoms with Gasteiger partial charge in [0.1, 0.15) is 0 Å². The van der Waals surface area contributed by atoms with Gasteiger partial charge in [-0.25, -0.2) is 0 Å². The third-order valence-electron chi connectivity index (χ3n) is 4.60. The molecule has 1 saturated carbocycles. The van der Waals surface area contributed by atoms with Crippen molar-refractivity contribution in [2.45, 2.75) is 50.8 Å². The Bertz CT molecular complexity index is 375. The van der Waals surface area contributed by atoms with Crippen LogP contribution in [0.15, 0.2) is 0 Å². The van der Waals surface area contributed by atoms with Crippen LogP contribution in [-0.4, -0.2) is 58.8 Å². The minimum Gasteiger partial charge on any atom is -0.342 e. The van der Waals surface area contributed by atoms with Crippen molar-refractivity contribution < 1.29 is 9.59 Å². The van der Waals surface area contributed by atoms with Gasteiger partial charge in [-0.05, 0) is 31.9 Å². The number of rotatable bonds is 5. The van der Waals surface area contributed by atoms with Crippen molar-refractivity contribution in [2.24, 2.45) is 5.92 Å². The Kier molecular flexibility index (Phi) is 5.35. The first kappa shape index (κ1) is 15.7. The van der Waals surface area contributed by atoms with Gasteiger partial charge in [0.05, 0.1) is 5.92 Å². The fraction of sp³-hybridized carbons (Fsp3) is 0.867. The van der Waals surface area contributed by atoms with E-state index in [1.165, 1.54) is 6.42 Å². The summed E-state index contributed by atoms with van der Waals surface area (Å²) in [5.74, 6) is 1.33. The molecule has 1 saturated heterocycles. The first-order valence-electron chi connectivity index (χ1n) is 7.72. The first-order valence-corrected chi connectivity index (χ1v) is 8.77. The summed E-state index contributed by atoms with van der Waals surface area (Å²) in [5.41, 5.74) is 0. The van der Waals surface area contributed by atoms with E-state index in [0.717, 1.165) is 18.6 Å². The molecule has 114 valence electrons. The van der Waals surface area contributed by atoms with E-state index in [0.29, 0.717) is 30.8 Å². The van der Waals surface area contributed by atoms with Crippen LogP contribution in [0, 0.1) is 5.92 Å². The number of nitrogens with zero attached hydrogens (tertiary/aromatic N) is 2. The van der Waals surface area contributed by atoms with Crippen molar-refractivity contribution in [1.82, 2.24) is 9.80 Å². The molecule has 2 fully saturated rings. The molecule has 0 unspecified atom stereocenters. The molecule has 1 aliphatic heterocycles. The van der Waals surface area contributed by atoms with Gasteiger partial charge in [-0.3, -0.25) is 9.59 Å². The molecule has 0 bridgehead atoms. The molecule has 0 N–H and O–H groups in total. The molecule has 0 aromatic carbocycles. The molecule has 20 heavy (non-hydrogen) atoms. The van der Waals surface area contributed by atoms with Crippen molar-refractivity contribution in [2.75, 3.05) is 25.9 Å². The second-order valence-electron chi connectivity index (χ2n) is 5.83. The highest BCUT2D eigenvalue weighted by Gasteiger charge is 2.38. The quantitative estimate of drug-likeness (QED) is 0.779. The lowest BCUT2D eigenvalue weighted by atomic mass is 10.1. The molecule has 5 heteroatoms. The zero-order valence-corrected chi connectivity index (χ0v) is 13.6. The topological polar surface area (TPSA) is 40.6 Å². The van der Waals surface area contributed by atoms with Crippen LogP contribution >= 0.6 is 11.8 Å². The maximum absolute atomic E-state index is 12.5. The maximum Gasteiger partial charge on any atom is 0.227 e. The number of hydrogen-bond donors (Lipinski definition) is 0. The van der Waals surface area contributed by atoms with E-state index in [1.807, 2.05) is 30.6 Å². The maximum atomic E-state index is 12.5. The summed E-state index contributed by atoms with van der Waals surface area (Å²) in [6.07, 6.45) is 3.83. The lowest BCUT2D eigenvalue weighted by Gasteiger charge is -2.27. The van der Waals surface area contributed by atoms with Crippen molar-refractivity contribution in [3.05, 3.63) is 0 Å². The van der Waals surface area contributed by atoms with E-state index in [1.54, 1.807) is 4.90 Å². The number of carbonyl (C=O) groups excluding carboxylic acids is 2. The molecule has 2 rings (SSSR count). The first-order chi connectivity index (χ1) is 9.56. The fourth-order valence-electron chi connectivity index (χ4n) is 3.37.